The van der Waals surface area contributed by atoms with E-state index in [2.05, 4.69) is 59.5 Å². The molecule has 0 radical (unpaired) electrons. The average Bonchev–Trinajstić information content (AvgIpc) is 3.43. The summed E-state index contributed by atoms with van der Waals surface area (Å²) in [7, 11) is 0. The third-order valence-corrected chi connectivity index (χ3v) is 6.42. The zero-order chi connectivity index (χ0) is 20.4. The maximum absolute atomic E-state index is 13.1. The molecule has 2 heterocycles. The first-order valence-electron chi connectivity index (χ1n) is 10.9. The van der Waals surface area contributed by atoms with Crippen LogP contribution in [0.4, 0.5) is 0 Å². The van der Waals surface area contributed by atoms with Crippen molar-refractivity contribution in [2.24, 2.45) is 0 Å². The Kier molecular flexibility index (Phi) is 5.76. The number of hydrogen-bond acceptors (Lipinski definition) is 4. The van der Waals surface area contributed by atoms with Gasteiger partial charge >= 0.3 is 0 Å². The second-order valence-electron chi connectivity index (χ2n) is 8.05. The molecule has 29 heavy (non-hydrogen) atoms. The fourth-order valence-electron chi connectivity index (χ4n) is 4.71. The van der Waals surface area contributed by atoms with Crippen molar-refractivity contribution in [2.45, 2.75) is 65.0 Å². The van der Waals surface area contributed by atoms with Gasteiger partial charge < -0.3 is 9.88 Å². The molecular formula is C22H31N6O+. The standard InChI is InChI=1S/C22H30N6O/c1-4-15-11-12-19-16(13-15)14-18(22(29)23-19)20(27(5-2)6-3)21-24-25-26-28(21)17-9-7-8-10-17/h11-14,17,20H,4-10H2,1-3H3,(H,23,29)/p+1/t20-/m0/s1. The number of hydrogen-bond donors (Lipinski definition) is 2. The van der Waals surface area contributed by atoms with Gasteiger partial charge in [-0.05, 0) is 72.7 Å². The Hall–Kier alpha value is -2.54. The monoisotopic (exact) mass is 395 g/mol. The molecule has 1 aliphatic rings. The van der Waals surface area contributed by atoms with Gasteiger partial charge in [0.05, 0.1) is 24.7 Å². The predicted molar refractivity (Wildman–Crippen MR) is 113 cm³/mol. The molecule has 4 rings (SSSR count). The van der Waals surface area contributed by atoms with E-state index in [4.69, 9.17) is 0 Å². The number of nitrogens with one attached hydrogen (secondary N) is 2. The van der Waals surface area contributed by atoms with Gasteiger partial charge in [-0.1, -0.05) is 25.8 Å². The van der Waals surface area contributed by atoms with Crippen molar-refractivity contribution < 1.29 is 4.90 Å². The highest BCUT2D eigenvalue weighted by Crippen LogP contribution is 2.31. The molecule has 3 aromatic rings. The average molecular weight is 396 g/mol. The molecule has 0 saturated heterocycles. The lowest BCUT2D eigenvalue weighted by Crippen LogP contribution is -3.12. The fraction of sp³-hybridized carbons (Fsp3) is 0.545. The molecule has 2 N–H and O–H groups in total. The number of fused-ring (bicyclic) bond motifs is 1. The molecule has 0 amide bonds. The van der Waals surface area contributed by atoms with Gasteiger partial charge in [0.15, 0.2) is 6.04 Å². The molecule has 0 bridgehead atoms. The minimum absolute atomic E-state index is 0.0490. The lowest BCUT2D eigenvalue weighted by atomic mass is 10.0. The molecule has 1 aliphatic carbocycles. The molecule has 0 unspecified atom stereocenters. The molecule has 0 aliphatic heterocycles. The first-order chi connectivity index (χ1) is 14.2. The number of pyridine rings is 1. The zero-order valence-electron chi connectivity index (χ0n) is 17.6. The Morgan fingerprint density at radius 3 is 2.62 bits per heavy atom. The van der Waals surface area contributed by atoms with Crippen molar-refractivity contribution in [1.29, 1.82) is 0 Å². The van der Waals surface area contributed by atoms with Gasteiger partial charge in [-0.3, -0.25) is 4.79 Å². The third kappa shape index (κ3) is 3.71. The Bertz CT molecular complexity index is 1030. The highest BCUT2D eigenvalue weighted by atomic mass is 16.1. The van der Waals surface area contributed by atoms with Crippen LogP contribution in [0.25, 0.3) is 10.9 Å². The smallest absolute Gasteiger partial charge is 0.258 e. The van der Waals surface area contributed by atoms with Gasteiger partial charge in [0.1, 0.15) is 0 Å². The summed E-state index contributed by atoms with van der Waals surface area (Å²) in [6.45, 7) is 8.24. The molecule has 1 fully saturated rings. The van der Waals surface area contributed by atoms with E-state index in [1.54, 1.807) is 0 Å². The molecule has 1 saturated carbocycles. The second kappa shape index (κ2) is 8.45. The summed E-state index contributed by atoms with van der Waals surface area (Å²) in [5.41, 5.74) is 2.84. The fourth-order valence-corrected chi connectivity index (χ4v) is 4.71. The SMILES string of the molecule is CCc1ccc2[nH]c(=O)c([C@@H](c3nnnn3C3CCCC3)[NH+](CC)CC)cc2c1. The van der Waals surface area contributed by atoms with Crippen molar-refractivity contribution in [3.63, 3.8) is 0 Å². The van der Waals surface area contributed by atoms with Gasteiger partial charge in [-0.2, -0.15) is 0 Å². The molecule has 154 valence electrons. The predicted octanol–water partition coefficient (Wildman–Crippen LogP) is 2.21. The largest absolute Gasteiger partial charge is 0.323 e. The highest BCUT2D eigenvalue weighted by Gasteiger charge is 2.34. The summed E-state index contributed by atoms with van der Waals surface area (Å²) < 4.78 is 2.00. The minimum atomic E-state index is -0.181. The maximum atomic E-state index is 13.1. The molecule has 1 aromatic carbocycles. The van der Waals surface area contributed by atoms with E-state index in [-0.39, 0.29) is 11.6 Å². The summed E-state index contributed by atoms with van der Waals surface area (Å²) >= 11 is 0. The minimum Gasteiger partial charge on any atom is -0.323 e. The van der Waals surface area contributed by atoms with Crippen LogP contribution in [-0.4, -0.2) is 38.3 Å². The molecule has 2 aromatic heterocycles. The second-order valence-corrected chi connectivity index (χ2v) is 8.05. The van der Waals surface area contributed by atoms with Gasteiger partial charge in [0.2, 0.25) is 5.82 Å². The zero-order valence-corrected chi connectivity index (χ0v) is 17.6. The van der Waals surface area contributed by atoms with Crippen molar-refractivity contribution in [3.8, 4) is 0 Å². The van der Waals surface area contributed by atoms with Crippen LogP contribution in [0.1, 0.15) is 75.5 Å². The van der Waals surface area contributed by atoms with Crippen LogP contribution in [0.15, 0.2) is 29.1 Å². The van der Waals surface area contributed by atoms with E-state index in [0.717, 1.165) is 54.6 Å². The van der Waals surface area contributed by atoms with Gasteiger partial charge in [0.25, 0.3) is 5.56 Å². The summed E-state index contributed by atoms with van der Waals surface area (Å²) in [6.07, 6.45) is 5.60. The van der Waals surface area contributed by atoms with Crippen molar-refractivity contribution in [3.05, 3.63) is 51.6 Å². The Balaban J connectivity index is 1.88. The summed E-state index contributed by atoms with van der Waals surface area (Å²) in [4.78, 5) is 17.5. The van der Waals surface area contributed by atoms with Gasteiger partial charge in [0, 0.05) is 5.52 Å². The van der Waals surface area contributed by atoms with Crippen LogP contribution in [-0.2, 0) is 6.42 Å². The molecule has 7 heteroatoms. The van der Waals surface area contributed by atoms with E-state index < -0.39 is 0 Å². The number of aromatic nitrogens is 5. The lowest BCUT2D eigenvalue weighted by Gasteiger charge is -2.26. The van der Waals surface area contributed by atoms with E-state index in [9.17, 15) is 4.79 Å². The number of aryl methyl sites for hydroxylation is 1. The normalized spacial score (nSPS) is 16.1. The Labute approximate surface area is 171 Å². The number of quaternary nitrogens is 1. The Morgan fingerprint density at radius 1 is 1.17 bits per heavy atom. The van der Waals surface area contributed by atoms with Crippen LogP contribution >= 0.6 is 0 Å². The van der Waals surface area contributed by atoms with Crippen LogP contribution in [0.5, 0.6) is 0 Å². The summed E-state index contributed by atoms with van der Waals surface area (Å²) in [5.74, 6) is 0.812. The van der Waals surface area contributed by atoms with Crippen LogP contribution in [0, 0.1) is 0 Å². The Morgan fingerprint density at radius 2 is 1.93 bits per heavy atom. The number of aromatic amines is 1. The summed E-state index contributed by atoms with van der Waals surface area (Å²) in [6, 6.07) is 8.45. The molecule has 0 spiro atoms. The first kappa shape index (κ1) is 19.8. The summed E-state index contributed by atoms with van der Waals surface area (Å²) in [5, 5.41) is 13.9. The van der Waals surface area contributed by atoms with E-state index in [0.29, 0.717) is 6.04 Å². The molecule has 7 nitrogen and oxygen atoms in total. The quantitative estimate of drug-likeness (QED) is 0.643. The van der Waals surface area contributed by atoms with Crippen molar-refractivity contribution in [1.82, 2.24) is 25.2 Å². The van der Waals surface area contributed by atoms with Crippen LogP contribution in [0.2, 0.25) is 0 Å². The van der Waals surface area contributed by atoms with E-state index in [1.807, 2.05) is 10.7 Å². The van der Waals surface area contributed by atoms with Crippen molar-refractivity contribution >= 4 is 10.9 Å². The highest BCUT2D eigenvalue weighted by molar-refractivity contribution is 5.79. The number of H-pyrrole nitrogens is 1. The third-order valence-electron chi connectivity index (χ3n) is 6.42. The molecule has 1 atom stereocenters. The van der Waals surface area contributed by atoms with Gasteiger partial charge in [-0.15, -0.1) is 5.10 Å². The van der Waals surface area contributed by atoms with Gasteiger partial charge in [-0.25, -0.2) is 4.68 Å². The lowest BCUT2D eigenvalue weighted by molar-refractivity contribution is -0.923. The van der Waals surface area contributed by atoms with E-state index in [1.165, 1.54) is 23.3 Å². The first-order valence-corrected chi connectivity index (χ1v) is 10.9. The number of tetrazole rings is 1. The number of benzene rings is 1. The maximum Gasteiger partial charge on any atom is 0.258 e. The molecular weight excluding hydrogens is 364 g/mol. The van der Waals surface area contributed by atoms with Crippen LogP contribution < -0.4 is 10.5 Å². The van der Waals surface area contributed by atoms with E-state index >= 15 is 0 Å². The topological polar surface area (TPSA) is 80.9 Å². The number of rotatable bonds is 7. The number of nitrogens with zero attached hydrogens (tertiary/aromatic N) is 4. The van der Waals surface area contributed by atoms with Crippen LogP contribution in [0.3, 0.4) is 0 Å². The van der Waals surface area contributed by atoms with Crippen molar-refractivity contribution in [2.75, 3.05) is 13.1 Å².